The number of hydrogen-bond acceptors (Lipinski definition) is 0. The summed E-state index contributed by atoms with van der Waals surface area (Å²) >= 11 is 6.90. The van der Waals surface area contributed by atoms with Crippen molar-refractivity contribution in [3.63, 3.8) is 0 Å². The minimum atomic E-state index is 0. The second-order valence-electron chi connectivity index (χ2n) is 9.10. The smallest absolute Gasteiger partial charge is 0.199 e. The minimum absolute atomic E-state index is 0. The molecule has 0 bridgehead atoms. The Morgan fingerprint density at radius 1 is 0.833 bits per heavy atom. The van der Waals surface area contributed by atoms with E-state index in [1.54, 1.807) is 0 Å². The quantitative estimate of drug-likeness (QED) is 0.324. The van der Waals surface area contributed by atoms with Crippen LogP contribution < -0.4 is 12.4 Å². The molecular weight excluding hydrogens is 483 g/mol. The van der Waals surface area contributed by atoms with Gasteiger partial charge in [-0.2, -0.15) is 0 Å². The number of benzene rings is 3. The van der Waals surface area contributed by atoms with Gasteiger partial charge in [0.2, 0.25) is 0 Å². The molecule has 0 spiro atoms. The Kier molecular flexibility index (Phi) is 8.18. The molecule has 1 unspecified atom stereocenters. The lowest BCUT2D eigenvalue weighted by molar-refractivity contribution is -0.519. The average molecular weight is 516 g/mol. The van der Waals surface area contributed by atoms with Crippen LogP contribution in [0.25, 0.3) is 22.2 Å². The van der Waals surface area contributed by atoms with Crippen LogP contribution >= 0.6 is 11.6 Å². The first-order valence-electron chi connectivity index (χ1n) is 12.5. The predicted molar refractivity (Wildman–Crippen MR) is 150 cm³/mol. The Bertz CT molecular complexity index is 1420. The summed E-state index contributed by atoms with van der Waals surface area (Å²) in [6.45, 7) is 6.42. The van der Waals surface area contributed by atoms with E-state index >= 15 is 0 Å². The van der Waals surface area contributed by atoms with E-state index in [1.165, 1.54) is 33.4 Å². The molecule has 1 heterocycles. The maximum absolute atomic E-state index is 6.90. The van der Waals surface area contributed by atoms with Crippen molar-refractivity contribution in [3.05, 3.63) is 119 Å². The molecule has 0 amide bonds. The zero-order valence-corrected chi connectivity index (χ0v) is 22.5. The van der Waals surface area contributed by atoms with Gasteiger partial charge in [0.05, 0.1) is 5.69 Å². The molecule has 0 fully saturated rings. The molecule has 0 saturated heterocycles. The van der Waals surface area contributed by atoms with Crippen molar-refractivity contribution in [2.75, 3.05) is 13.1 Å². The number of nitrogens with zero attached hydrogens (tertiary/aromatic N) is 2. The lowest BCUT2D eigenvalue weighted by Gasteiger charge is -2.27. The van der Waals surface area contributed by atoms with E-state index in [1.807, 2.05) is 12.1 Å². The summed E-state index contributed by atoms with van der Waals surface area (Å²) in [5.41, 5.74) is 7.46. The summed E-state index contributed by atoms with van der Waals surface area (Å²) in [6.07, 6.45) is 9.29. The van der Waals surface area contributed by atoms with Crippen LogP contribution in [0.15, 0.2) is 103 Å². The number of para-hydroxylation sites is 1. The fourth-order valence-corrected chi connectivity index (χ4v) is 5.78. The number of aromatic nitrogens is 1. The molecular formula is C32H32Cl2N2. The van der Waals surface area contributed by atoms with Crippen LogP contribution in [0.2, 0.25) is 5.02 Å². The van der Waals surface area contributed by atoms with Crippen molar-refractivity contribution in [3.8, 4) is 11.3 Å². The lowest BCUT2D eigenvalue weighted by atomic mass is 9.77. The van der Waals surface area contributed by atoms with E-state index in [2.05, 4.69) is 121 Å². The number of rotatable bonds is 6. The van der Waals surface area contributed by atoms with E-state index in [0.717, 1.165) is 23.7 Å². The van der Waals surface area contributed by atoms with Crippen LogP contribution in [0.5, 0.6) is 0 Å². The Morgan fingerprint density at radius 3 is 2.11 bits per heavy atom. The van der Waals surface area contributed by atoms with E-state index in [-0.39, 0.29) is 24.2 Å². The van der Waals surface area contributed by atoms with Gasteiger partial charge in [0, 0.05) is 47.0 Å². The van der Waals surface area contributed by atoms with Crippen LogP contribution in [0.4, 0.5) is 0 Å². The minimum Gasteiger partial charge on any atom is -1.00 e. The Morgan fingerprint density at radius 2 is 1.44 bits per heavy atom. The summed E-state index contributed by atoms with van der Waals surface area (Å²) < 4.78 is 4.73. The van der Waals surface area contributed by atoms with E-state index < -0.39 is 0 Å². The molecule has 2 nitrogen and oxygen atoms in total. The van der Waals surface area contributed by atoms with Gasteiger partial charge in [0.25, 0.3) is 0 Å². The largest absolute Gasteiger partial charge is 1.00 e. The maximum atomic E-state index is 6.90. The first-order valence-corrected chi connectivity index (χ1v) is 12.9. The molecule has 3 aromatic carbocycles. The second kappa shape index (κ2) is 11.3. The molecule has 4 heteroatoms. The van der Waals surface area contributed by atoms with Crippen molar-refractivity contribution in [2.24, 2.45) is 13.0 Å². The van der Waals surface area contributed by atoms with Crippen LogP contribution in [0.3, 0.4) is 0 Å². The molecule has 1 aromatic heterocycles. The fourth-order valence-electron chi connectivity index (χ4n) is 5.53. The predicted octanol–water partition coefficient (Wildman–Crippen LogP) is 4.87. The molecule has 4 aromatic rings. The van der Waals surface area contributed by atoms with Gasteiger partial charge >= 0.3 is 0 Å². The van der Waals surface area contributed by atoms with E-state index in [9.17, 15) is 0 Å². The third kappa shape index (κ3) is 4.68. The summed E-state index contributed by atoms with van der Waals surface area (Å²) in [6, 6.07) is 27.8. The van der Waals surface area contributed by atoms with E-state index in [0.29, 0.717) is 0 Å². The van der Waals surface area contributed by atoms with Gasteiger partial charge in [-0.25, -0.2) is 4.58 Å². The van der Waals surface area contributed by atoms with Gasteiger partial charge < -0.3 is 17.0 Å². The fraction of sp³-hybridized carbons (Fsp3) is 0.219. The van der Waals surface area contributed by atoms with Crippen LogP contribution in [-0.4, -0.2) is 27.9 Å². The number of allylic oxidation sites excluding steroid dienone is 4. The highest BCUT2D eigenvalue weighted by Gasteiger charge is 2.31. The lowest BCUT2D eigenvalue weighted by Crippen LogP contribution is -3.00. The number of fused-ring (bicyclic) bond motifs is 1. The number of hydrogen-bond donors (Lipinski definition) is 0. The van der Waals surface area contributed by atoms with Crippen molar-refractivity contribution in [2.45, 2.75) is 19.8 Å². The van der Waals surface area contributed by atoms with E-state index in [4.69, 9.17) is 11.6 Å². The molecule has 1 aliphatic rings. The molecule has 0 aliphatic heterocycles. The SMILES string of the molecule is CC[N+](CC)=C1C=CC(C(c2ccccc2Cl)c2c(-c3ccccc3)n(C)c3ccccc23)C=C1.[Cl-]. The zero-order valence-electron chi connectivity index (χ0n) is 21.0. The molecule has 0 saturated carbocycles. The molecule has 5 rings (SSSR count). The summed E-state index contributed by atoms with van der Waals surface area (Å²) in [4.78, 5) is 0. The molecule has 1 atom stereocenters. The molecule has 36 heavy (non-hydrogen) atoms. The van der Waals surface area contributed by atoms with Crippen molar-refractivity contribution in [1.29, 1.82) is 0 Å². The van der Waals surface area contributed by atoms with Gasteiger partial charge in [-0.1, -0.05) is 90.5 Å². The van der Waals surface area contributed by atoms with Crippen LogP contribution in [0, 0.1) is 5.92 Å². The highest BCUT2D eigenvalue weighted by atomic mass is 35.5. The second-order valence-corrected chi connectivity index (χ2v) is 9.50. The first kappa shape index (κ1) is 26.0. The molecule has 1 aliphatic carbocycles. The Balaban J connectivity index is 0.00000304. The monoisotopic (exact) mass is 514 g/mol. The first-order chi connectivity index (χ1) is 17.1. The van der Waals surface area contributed by atoms with Crippen molar-refractivity contribution < 1.29 is 17.0 Å². The third-order valence-corrected chi connectivity index (χ3v) is 7.58. The molecule has 184 valence electrons. The summed E-state index contributed by atoms with van der Waals surface area (Å²) in [5, 5.41) is 2.09. The van der Waals surface area contributed by atoms with Gasteiger partial charge in [-0.15, -0.1) is 0 Å². The zero-order chi connectivity index (χ0) is 24.4. The van der Waals surface area contributed by atoms with Gasteiger partial charge in [-0.05, 0) is 42.7 Å². The summed E-state index contributed by atoms with van der Waals surface area (Å²) in [5.74, 6) is 0.262. The normalized spacial score (nSPS) is 15.7. The highest BCUT2D eigenvalue weighted by molar-refractivity contribution is 6.31. The molecule has 0 radical (unpaired) electrons. The van der Waals surface area contributed by atoms with Crippen LogP contribution in [-0.2, 0) is 7.05 Å². The Hall–Kier alpha value is -3.07. The standard InChI is InChI=1S/C32H32ClN2.ClH/c1-4-35(5-2)25-21-19-23(20-22-25)30(26-15-9-11-17-28(26)33)31-27-16-10-12-18-29(27)34(3)32(31)24-13-7-6-8-14-24;/h6-23,30H,4-5H2,1-3H3;1H/q+1;/p-1. The van der Waals surface area contributed by atoms with Gasteiger partial charge in [0.1, 0.15) is 13.1 Å². The average Bonchev–Trinajstić information content (AvgIpc) is 3.19. The summed E-state index contributed by atoms with van der Waals surface area (Å²) in [7, 11) is 2.18. The topological polar surface area (TPSA) is 7.94 Å². The van der Waals surface area contributed by atoms with Gasteiger partial charge in [0.15, 0.2) is 5.71 Å². The number of aryl methyl sites for hydroxylation is 1. The Labute approximate surface area is 225 Å². The van der Waals surface area contributed by atoms with Crippen molar-refractivity contribution >= 4 is 28.2 Å². The van der Waals surface area contributed by atoms with Gasteiger partial charge in [-0.3, -0.25) is 0 Å². The third-order valence-electron chi connectivity index (χ3n) is 7.24. The maximum Gasteiger partial charge on any atom is 0.199 e. The number of halogens is 2. The van der Waals surface area contributed by atoms with Crippen LogP contribution in [0.1, 0.15) is 30.9 Å². The molecule has 0 N–H and O–H groups in total. The van der Waals surface area contributed by atoms with Crippen molar-refractivity contribution in [1.82, 2.24) is 4.57 Å². The highest BCUT2D eigenvalue weighted by Crippen LogP contribution is 2.46.